The van der Waals surface area contributed by atoms with Gasteiger partial charge in [0.1, 0.15) is 0 Å². The Bertz CT molecular complexity index is 313. The zero-order valence-corrected chi connectivity index (χ0v) is 10.9. The smallest absolute Gasteiger partial charge is 0.0213 e. The maximum atomic E-state index is 3.49. The van der Waals surface area contributed by atoms with Gasteiger partial charge < -0.3 is 5.32 Å². The summed E-state index contributed by atoms with van der Waals surface area (Å²) in [6, 6.07) is 6.40. The lowest BCUT2D eigenvalue weighted by molar-refractivity contribution is 0.424. The number of benzene rings is 1. The van der Waals surface area contributed by atoms with Gasteiger partial charge >= 0.3 is 0 Å². The molecular formula is C12H18BrN. The third-order valence-corrected chi connectivity index (χ3v) is 2.61. The van der Waals surface area contributed by atoms with Crippen LogP contribution < -0.4 is 5.32 Å². The molecule has 2 heteroatoms. The summed E-state index contributed by atoms with van der Waals surface area (Å²) in [5.41, 5.74) is 2.87. The molecule has 0 atom stereocenters. The standard InChI is InChI=1S/C12H18BrN/c1-9-5-6-11(13)7-10(9)8-14-12(2,3)4/h5-7,14H,8H2,1-4H3. The topological polar surface area (TPSA) is 12.0 Å². The number of hydrogen-bond donors (Lipinski definition) is 1. The molecule has 0 saturated carbocycles. The van der Waals surface area contributed by atoms with Crippen molar-refractivity contribution in [3.05, 3.63) is 33.8 Å². The third-order valence-electron chi connectivity index (χ3n) is 2.12. The molecule has 0 saturated heterocycles. The van der Waals surface area contributed by atoms with Crippen molar-refractivity contribution in [1.29, 1.82) is 0 Å². The number of hydrogen-bond acceptors (Lipinski definition) is 1. The second kappa shape index (κ2) is 4.45. The summed E-state index contributed by atoms with van der Waals surface area (Å²) in [7, 11) is 0. The van der Waals surface area contributed by atoms with Crippen molar-refractivity contribution in [3.63, 3.8) is 0 Å². The van der Waals surface area contributed by atoms with E-state index in [0.29, 0.717) is 0 Å². The van der Waals surface area contributed by atoms with Crippen LogP contribution in [0.5, 0.6) is 0 Å². The summed E-state index contributed by atoms with van der Waals surface area (Å²) in [6.07, 6.45) is 0. The summed E-state index contributed by atoms with van der Waals surface area (Å²) < 4.78 is 1.15. The zero-order valence-electron chi connectivity index (χ0n) is 9.32. The fraction of sp³-hybridized carbons (Fsp3) is 0.500. The molecular weight excluding hydrogens is 238 g/mol. The van der Waals surface area contributed by atoms with E-state index < -0.39 is 0 Å². The monoisotopic (exact) mass is 255 g/mol. The van der Waals surface area contributed by atoms with Crippen LogP contribution in [0.2, 0.25) is 0 Å². The maximum absolute atomic E-state index is 3.49. The average Bonchev–Trinajstić information content (AvgIpc) is 2.05. The lowest BCUT2D eigenvalue weighted by Gasteiger charge is -2.21. The molecule has 0 spiro atoms. The average molecular weight is 256 g/mol. The first-order valence-corrected chi connectivity index (χ1v) is 5.68. The van der Waals surface area contributed by atoms with Crippen LogP contribution >= 0.6 is 15.9 Å². The van der Waals surface area contributed by atoms with Crippen LogP contribution in [-0.4, -0.2) is 5.54 Å². The quantitative estimate of drug-likeness (QED) is 0.851. The second-order valence-electron chi connectivity index (χ2n) is 4.67. The summed E-state index contributed by atoms with van der Waals surface area (Å²) in [4.78, 5) is 0. The molecule has 1 nitrogen and oxygen atoms in total. The van der Waals surface area contributed by atoms with Crippen molar-refractivity contribution in [1.82, 2.24) is 5.32 Å². The van der Waals surface area contributed by atoms with Crippen LogP contribution in [0.25, 0.3) is 0 Å². The highest BCUT2D eigenvalue weighted by Crippen LogP contribution is 2.16. The van der Waals surface area contributed by atoms with E-state index in [2.05, 4.69) is 67.1 Å². The first-order chi connectivity index (χ1) is 6.38. The van der Waals surface area contributed by atoms with E-state index in [1.165, 1.54) is 11.1 Å². The fourth-order valence-electron chi connectivity index (χ4n) is 1.19. The molecule has 14 heavy (non-hydrogen) atoms. The Morgan fingerprint density at radius 3 is 2.50 bits per heavy atom. The molecule has 0 fully saturated rings. The van der Waals surface area contributed by atoms with E-state index in [1.807, 2.05) is 0 Å². The van der Waals surface area contributed by atoms with Gasteiger partial charge in [-0.1, -0.05) is 22.0 Å². The van der Waals surface area contributed by atoms with E-state index in [-0.39, 0.29) is 5.54 Å². The Morgan fingerprint density at radius 1 is 1.29 bits per heavy atom. The third kappa shape index (κ3) is 3.81. The fourth-order valence-corrected chi connectivity index (χ4v) is 1.60. The Kier molecular flexibility index (Phi) is 3.73. The number of aryl methyl sites for hydroxylation is 1. The molecule has 0 bridgehead atoms. The molecule has 0 aromatic heterocycles. The Labute approximate surface area is 95.0 Å². The van der Waals surface area contributed by atoms with Gasteiger partial charge in [0.15, 0.2) is 0 Å². The second-order valence-corrected chi connectivity index (χ2v) is 5.59. The first kappa shape index (κ1) is 11.7. The molecule has 0 aliphatic rings. The van der Waals surface area contributed by atoms with Crippen molar-refractivity contribution >= 4 is 15.9 Å². The van der Waals surface area contributed by atoms with E-state index in [4.69, 9.17) is 0 Å². The number of nitrogens with one attached hydrogen (secondary N) is 1. The molecule has 78 valence electrons. The molecule has 0 heterocycles. The lowest BCUT2D eigenvalue weighted by Crippen LogP contribution is -2.35. The van der Waals surface area contributed by atoms with E-state index in [0.717, 1.165) is 11.0 Å². The summed E-state index contributed by atoms with van der Waals surface area (Å²) in [5.74, 6) is 0. The van der Waals surface area contributed by atoms with Crippen LogP contribution in [-0.2, 0) is 6.54 Å². The van der Waals surface area contributed by atoms with Crippen molar-refractivity contribution < 1.29 is 0 Å². The van der Waals surface area contributed by atoms with Crippen molar-refractivity contribution in [2.24, 2.45) is 0 Å². The SMILES string of the molecule is Cc1ccc(Br)cc1CNC(C)(C)C. The van der Waals surface area contributed by atoms with Gasteiger partial charge in [-0.25, -0.2) is 0 Å². The van der Waals surface area contributed by atoms with Crippen molar-refractivity contribution in [2.75, 3.05) is 0 Å². The van der Waals surface area contributed by atoms with Crippen LogP contribution in [0.1, 0.15) is 31.9 Å². The van der Waals surface area contributed by atoms with Gasteiger partial charge in [-0.2, -0.15) is 0 Å². The predicted molar refractivity (Wildman–Crippen MR) is 65.5 cm³/mol. The minimum Gasteiger partial charge on any atom is -0.308 e. The van der Waals surface area contributed by atoms with Gasteiger partial charge in [0, 0.05) is 16.6 Å². The molecule has 1 rings (SSSR count). The van der Waals surface area contributed by atoms with E-state index in [1.54, 1.807) is 0 Å². The Balaban J connectivity index is 2.72. The van der Waals surface area contributed by atoms with Gasteiger partial charge in [0.05, 0.1) is 0 Å². The van der Waals surface area contributed by atoms with Crippen LogP contribution in [0.15, 0.2) is 22.7 Å². The lowest BCUT2D eigenvalue weighted by atomic mass is 10.1. The van der Waals surface area contributed by atoms with E-state index >= 15 is 0 Å². The molecule has 0 unspecified atom stereocenters. The number of rotatable bonds is 2. The molecule has 0 aliphatic heterocycles. The minimum atomic E-state index is 0.175. The number of halogens is 1. The minimum absolute atomic E-state index is 0.175. The van der Waals surface area contributed by atoms with Crippen molar-refractivity contribution in [2.45, 2.75) is 39.8 Å². The molecule has 0 amide bonds. The van der Waals surface area contributed by atoms with Gasteiger partial charge in [-0.05, 0) is 51.0 Å². The molecule has 1 aromatic carbocycles. The zero-order chi connectivity index (χ0) is 10.8. The van der Waals surface area contributed by atoms with Gasteiger partial charge in [0.25, 0.3) is 0 Å². The summed E-state index contributed by atoms with van der Waals surface area (Å²) >= 11 is 3.49. The van der Waals surface area contributed by atoms with Crippen molar-refractivity contribution in [3.8, 4) is 0 Å². The molecule has 1 aromatic rings. The van der Waals surface area contributed by atoms with E-state index in [9.17, 15) is 0 Å². The highest BCUT2D eigenvalue weighted by molar-refractivity contribution is 9.10. The normalized spacial score (nSPS) is 11.8. The highest BCUT2D eigenvalue weighted by atomic mass is 79.9. The molecule has 1 N–H and O–H groups in total. The van der Waals surface area contributed by atoms with Crippen LogP contribution in [0.3, 0.4) is 0 Å². The molecule has 0 radical (unpaired) electrons. The Morgan fingerprint density at radius 2 is 1.93 bits per heavy atom. The summed E-state index contributed by atoms with van der Waals surface area (Å²) in [6.45, 7) is 9.61. The summed E-state index contributed by atoms with van der Waals surface area (Å²) in [5, 5.41) is 3.49. The first-order valence-electron chi connectivity index (χ1n) is 4.88. The largest absolute Gasteiger partial charge is 0.308 e. The highest BCUT2D eigenvalue weighted by Gasteiger charge is 2.09. The molecule has 0 aliphatic carbocycles. The predicted octanol–water partition coefficient (Wildman–Crippen LogP) is 3.65. The van der Waals surface area contributed by atoms with Crippen LogP contribution in [0, 0.1) is 6.92 Å². The van der Waals surface area contributed by atoms with Crippen LogP contribution in [0.4, 0.5) is 0 Å². The van der Waals surface area contributed by atoms with Gasteiger partial charge in [0.2, 0.25) is 0 Å². The Hall–Kier alpha value is -0.340. The van der Waals surface area contributed by atoms with Gasteiger partial charge in [-0.3, -0.25) is 0 Å². The maximum Gasteiger partial charge on any atom is 0.0213 e. The van der Waals surface area contributed by atoms with Gasteiger partial charge in [-0.15, -0.1) is 0 Å².